The zero-order chi connectivity index (χ0) is 23.6. The van der Waals surface area contributed by atoms with Crippen LogP contribution in [0.15, 0.2) is 52.9 Å². The van der Waals surface area contributed by atoms with Crippen molar-refractivity contribution in [2.24, 2.45) is 5.10 Å². The summed E-state index contributed by atoms with van der Waals surface area (Å²) in [5.41, 5.74) is 5.59. The predicted octanol–water partition coefficient (Wildman–Crippen LogP) is 5.92. The summed E-state index contributed by atoms with van der Waals surface area (Å²) in [5.74, 6) is -1.62. The van der Waals surface area contributed by atoms with Crippen molar-refractivity contribution >= 4 is 40.5 Å². The Hall–Kier alpha value is -3.16. The highest BCUT2D eigenvalue weighted by Crippen LogP contribution is 2.39. The van der Waals surface area contributed by atoms with Crippen LogP contribution in [0.2, 0.25) is 5.02 Å². The number of aromatic carboxylic acids is 1. The molecule has 0 spiro atoms. The van der Waals surface area contributed by atoms with E-state index >= 15 is 0 Å². The number of carboxylic acids is 1. The van der Waals surface area contributed by atoms with Gasteiger partial charge < -0.3 is 10.2 Å². The number of benzene rings is 2. The lowest BCUT2D eigenvalue weighted by molar-refractivity contribution is 0.0696. The maximum atomic E-state index is 12.4. The largest absolute Gasteiger partial charge is 0.506 e. The smallest absolute Gasteiger partial charge is 0.337 e. The molecule has 2 aromatic carbocycles. The number of rotatable bonds is 5. The highest BCUT2D eigenvalue weighted by Gasteiger charge is 2.18. The van der Waals surface area contributed by atoms with Crippen LogP contribution >= 0.6 is 22.9 Å². The monoisotopic (exact) mass is 470 g/mol. The van der Waals surface area contributed by atoms with Gasteiger partial charge in [-0.2, -0.15) is 5.10 Å². The number of hydrogen-bond acceptors (Lipinski definition) is 5. The summed E-state index contributed by atoms with van der Waals surface area (Å²) in [4.78, 5) is 24.1. The van der Waals surface area contributed by atoms with Gasteiger partial charge in [0.05, 0.1) is 26.7 Å². The van der Waals surface area contributed by atoms with Crippen LogP contribution in [0.3, 0.4) is 0 Å². The van der Waals surface area contributed by atoms with E-state index in [9.17, 15) is 14.7 Å². The van der Waals surface area contributed by atoms with Gasteiger partial charge in [-0.05, 0) is 41.7 Å². The number of nitrogens with zero attached hydrogens (tertiary/aromatic N) is 1. The van der Waals surface area contributed by atoms with Gasteiger partial charge in [-0.25, -0.2) is 10.2 Å². The van der Waals surface area contributed by atoms with Crippen molar-refractivity contribution < 1.29 is 19.8 Å². The van der Waals surface area contributed by atoms with Crippen molar-refractivity contribution in [3.8, 4) is 16.2 Å². The summed E-state index contributed by atoms with van der Waals surface area (Å²) in [6.45, 7) is 8.11. The molecule has 0 bridgehead atoms. The number of hydrazone groups is 1. The number of halogens is 1. The molecular weight excluding hydrogens is 448 g/mol. The minimum atomic E-state index is -1.17. The molecule has 1 aromatic heterocycles. The average molecular weight is 471 g/mol. The molecule has 8 heteroatoms. The molecule has 0 aliphatic rings. The van der Waals surface area contributed by atoms with E-state index in [2.05, 4.69) is 43.4 Å². The quantitative estimate of drug-likeness (QED) is 0.318. The van der Waals surface area contributed by atoms with Crippen LogP contribution in [0, 0.1) is 0 Å². The fraction of sp³-hybridized carbons (Fsp3) is 0.208. The van der Waals surface area contributed by atoms with Crippen LogP contribution in [0.4, 0.5) is 0 Å². The van der Waals surface area contributed by atoms with Crippen LogP contribution in [0.1, 0.15) is 59.5 Å². The number of carbonyl (C=O) groups excluding carboxylic acids is 1. The minimum absolute atomic E-state index is 0.0385. The van der Waals surface area contributed by atoms with Gasteiger partial charge in [-0.15, -0.1) is 11.3 Å². The number of thiophene rings is 1. The van der Waals surface area contributed by atoms with Crippen LogP contribution in [0.5, 0.6) is 5.75 Å². The summed E-state index contributed by atoms with van der Waals surface area (Å²) < 4.78 is 0. The summed E-state index contributed by atoms with van der Waals surface area (Å²) in [7, 11) is 0. The van der Waals surface area contributed by atoms with Crippen molar-refractivity contribution in [3.63, 3.8) is 0 Å². The molecule has 0 fully saturated rings. The Morgan fingerprint density at radius 2 is 1.72 bits per heavy atom. The molecule has 0 aliphatic heterocycles. The summed E-state index contributed by atoms with van der Waals surface area (Å²) in [6, 6.07) is 12.0. The molecule has 0 unspecified atom stereocenters. The van der Waals surface area contributed by atoms with Gasteiger partial charge in [0.1, 0.15) is 5.75 Å². The van der Waals surface area contributed by atoms with Gasteiger partial charge in [-0.1, -0.05) is 56.6 Å². The van der Waals surface area contributed by atoms with Crippen molar-refractivity contribution in [1.82, 2.24) is 5.43 Å². The summed E-state index contributed by atoms with van der Waals surface area (Å²) in [5, 5.41) is 25.6. The second-order valence-electron chi connectivity index (χ2n) is 8.29. The third-order valence-corrected chi connectivity index (χ3v) is 6.29. The van der Waals surface area contributed by atoms with Gasteiger partial charge in [-0.3, -0.25) is 4.79 Å². The lowest BCUT2D eigenvalue weighted by Gasteiger charge is -2.19. The first-order valence-corrected chi connectivity index (χ1v) is 11.0. The molecule has 166 valence electrons. The molecule has 3 aromatic rings. The van der Waals surface area contributed by atoms with Crippen LogP contribution in [0.25, 0.3) is 10.4 Å². The standard InChI is InChI=1S/C24H23ClN2O4S/c1-13(26-27-22(29)15-7-10-17(23(30)31)19(25)11-15)18-12-32-21(20(18)28)14-5-8-16(9-6-14)24(2,3)4/h5-12,28H,1-4H3,(H,27,29)(H,30,31)/b26-13-. The van der Waals surface area contributed by atoms with E-state index in [-0.39, 0.29) is 27.3 Å². The second-order valence-corrected chi connectivity index (χ2v) is 9.58. The molecule has 0 atom stereocenters. The molecule has 3 N–H and O–H groups in total. The zero-order valence-corrected chi connectivity index (χ0v) is 19.6. The van der Waals surface area contributed by atoms with Crippen molar-refractivity contribution in [1.29, 1.82) is 0 Å². The molecule has 1 heterocycles. The van der Waals surface area contributed by atoms with E-state index in [1.807, 2.05) is 12.1 Å². The van der Waals surface area contributed by atoms with E-state index in [4.69, 9.17) is 16.7 Å². The number of aromatic hydroxyl groups is 1. The Labute approximate surface area is 195 Å². The molecule has 3 rings (SSSR count). The van der Waals surface area contributed by atoms with E-state index in [1.165, 1.54) is 35.1 Å². The van der Waals surface area contributed by atoms with Gasteiger partial charge >= 0.3 is 5.97 Å². The van der Waals surface area contributed by atoms with Gasteiger partial charge in [0.25, 0.3) is 5.91 Å². The number of nitrogens with one attached hydrogen (secondary N) is 1. The third kappa shape index (κ3) is 5.00. The molecule has 0 aliphatic carbocycles. The normalized spacial score (nSPS) is 12.0. The fourth-order valence-corrected chi connectivity index (χ4v) is 4.30. The predicted molar refractivity (Wildman–Crippen MR) is 128 cm³/mol. The van der Waals surface area contributed by atoms with Gasteiger partial charge in [0, 0.05) is 10.9 Å². The van der Waals surface area contributed by atoms with E-state index in [0.29, 0.717) is 11.3 Å². The van der Waals surface area contributed by atoms with Crippen LogP contribution < -0.4 is 5.43 Å². The number of hydrogen-bond donors (Lipinski definition) is 3. The van der Waals surface area contributed by atoms with Crippen LogP contribution in [-0.2, 0) is 5.41 Å². The first kappa shape index (κ1) is 23.5. The Balaban J connectivity index is 1.78. The number of carboxylic acid groups (broad SMARTS) is 1. The van der Waals surface area contributed by atoms with E-state index in [0.717, 1.165) is 10.4 Å². The molecule has 0 radical (unpaired) electrons. The van der Waals surface area contributed by atoms with Crippen molar-refractivity contribution in [3.05, 3.63) is 75.1 Å². The first-order valence-electron chi connectivity index (χ1n) is 9.78. The minimum Gasteiger partial charge on any atom is -0.506 e. The summed E-state index contributed by atoms with van der Waals surface area (Å²) in [6.07, 6.45) is 0. The Kier molecular flexibility index (Phi) is 6.71. The molecule has 0 saturated carbocycles. The third-order valence-electron chi connectivity index (χ3n) is 4.95. The molecular formula is C24H23ClN2O4S. The lowest BCUT2D eigenvalue weighted by Crippen LogP contribution is -2.19. The SMILES string of the molecule is C/C(=N/NC(=O)c1ccc(C(=O)O)c(Cl)c1)c1csc(-c2ccc(C(C)(C)C)cc2)c1O. The Morgan fingerprint density at radius 3 is 2.28 bits per heavy atom. The Morgan fingerprint density at radius 1 is 1.06 bits per heavy atom. The zero-order valence-electron chi connectivity index (χ0n) is 18.1. The van der Waals surface area contributed by atoms with E-state index in [1.54, 1.807) is 12.3 Å². The molecule has 32 heavy (non-hydrogen) atoms. The van der Waals surface area contributed by atoms with Gasteiger partial charge in [0.15, 0.2) is 0 Å². The second kappa shape index (κ2) is 9.14. The highest BCUT2D eigenvalue weighted by atomic mass is 35.5. The number of amides is 1. The summed E-state index contributed by atoms with van der Waals surface area (Å²) >= 11 is 7.31. The van der Waals surface area contributed by atoms with E-state index < -0.39 is 11.9 Å². The maximum absolute atomic E-state index is 12.4. The van der Waals surface area contributed by atoms with Gasteiger partial charge in [0.2, 0.25) is 0 Å². The van der Waals surface area contributed by atoms with Crippen molar-refractivity contribution in [2.45, 2.75) is 33.1 Å². The maximum Gasteiger partial charge on any atom is 0.337 e. The fourth-order valence-electron chi connectivity index (χ4n) is 3.02. The highest BCUT2D eigenvalue weighted by molar-refractivity contribution is 7.14. The van der Waals surface area contributed by atoms with Crippen molar-refractivity contribution in [2.75, 3.05) is 0 Å². The lowest BCUT2D eigenvalue weighted by atomic mass is 9.86. The number of carbonyl (C=O) groups is 2. The molecule has 6 nitrogen and oxygen atoms in total. The Bertz CT molecular complexity index is 1210. The molecule has 0 saturated heterocycles. The average Bonchev–Trinajstić information content (AvgIpc) is 3.12. The first-order chi connectivity index (χ1) is 15.0. The van der Waals surface area contributed by atoms with Crippen LogP contribution in [-0.4, -0.2) is 27.8 Å². The topological polar surface area (TPSA) is 99.0 Å². The molecule has 1 amide bonds.